The van der Waals surface area contributed by atoms with Crippen LogP contribution in [0.5, 0.6) is 0 Å². The second kappa shape index (κ2) is 8.39. The molecule has 2 rings (SSSR count). The molecule has 0 radical (unpaired) electrons. The normalized spacial score (nSPS) is 10.6. The van der Waals surface area contributed by atoms with Gasteiger partial charge in [0.15, 0.2) is 0 Å². The van der Waals surface area contributed by atoms with Crippen LogP contribution in [0.3, 0.4) is 0 Å². The van der Waals surface area contributed by atoms with Crippen molar-refractivity contribution >= 4 is 17.6 Å². The Balaban J connectivity index is 1.83. The van der Waals surface area contributed by atoms with E-state index >= 15 is 0 Å². The van der Waals surface area contributed by atoms with Gasteiger partial charge in [-0.25, -0.2) is 9.18 Å². The zero-order valence-corrected chi connectivity index (χ0v) is 14.6. The summed E-state index contributed by atoms with van der Waals surface area (Å²) in [6.45, 7) is 4.28. The number of imide groups is 1. The summed E-state index contributed by atoms with van der Waals surface area (Å²) in [5, 5.41) is 4.95. The summed E-state index contributed by atoms with van der Waals surface area (Å²) in [5.74, 6) is -0.746. The lowest BCUT2D eigenvalue weighted by Gasteiger charge is -2.16. The van der Waals surface area contributed by atoms with Crippen LogP contribution in [0, 0.1) is 19.7 Å². The average molecular weight is 343 g/mol. The van der Waals surface area contributed by atoms with Gasteiger partial charge in [-0.1, -0.05) is 29.8 Å². The fourth-order valence-corrected chi connectivity index (χ4v) is 2.52. The molecule has 0 aliphatic rings. The van der Waals surface area contributed by atoms with Crippen molar-refractivity contribution in [2.45, 2.75) is 20.4 Å². The number of hydrogen-bond acceptors (Lipinski definition) is 3. The first-order valence-electron chi connectivity index (χ1n) is 7.94. The van der Waals surface area contributed by atoms with Gasteiger partial charge in [0.05, 0.1) is 6.54 Å². The highest BCUT2D eigenvalue weighted by molar-refractivity contribution is 6.02. The Bertz CT molecular complexity index is 777. The molecule has 0 aliphatic carbocycles. The van der Waals surface area contributed by atoms with Crippen LogP contribution in [-0.4, -0.2) is 30.4 Å². The average Bonchev–Trinajstić information content (AvgIpc) is 2.49. The molecule has 0 fully saturated rings. The lowest BCUT2D eigenvalue weighted by molar-refractivity contribution is -0.120. The lowest BCUT2D eigenvalue weighted by atomic mass is 10.1. The topological polar surface area (TPSA) is 61.4 Å². The van der Waals surface area contributed by atoms with Crippen molar-refractivity contribution in [3.05, 3.63) is 65.0 Å². The van der Waals surface area contributed by atoms with Gasteiger partial charge in [-0.15, -0.1) is 0 Å². The van der Waals surface area contributed by atoms with Gasteiger partial charge in [0.1, 0.15) is 5.82 Å². The number of carbonyl (C=O) groups excluding carboxylic acids is 2. The summed E-state index contributed by atoms with van der Waals surface area (Å²) in [4.78, 5) is 25.6. The van der Waals surface area contributed by atoms with Crippen molar-refractivity contribution < 1.29 is 14.0 Å². The number of anilines is 1. The van der Waals surface area contributed by atoms with Gasteiger partial charge in [0.2, 0.25) is 5.91 Å². The molecule has 0 heterocycles. The summed E-state index contributed by atoms with van der Waals surface area (Å²) in [6, 6.07) is 11.2. The van der Waals surface area contributed by atoms with E-state index in [0.29, 0.717) is 12.2 Å². The Morgan fingerprint density at radius 3 is 2.56 bits per heavy atom. The molecule has 0 aromatic heterocycles. The van der Waals surface area contributed by atoms with E-state index in [9.17, 15) is 14.0 Å². The Morgan fingerprint density at radius 2 is 1.88 bits per heavy atom. The van der Waals surface area contributed by atoms with Crippen LogP contribution >= 0.6 is 0 Å². The highest BCUT2D eigenvalue weighted by Crippen LogP contribution is 2.15. The third-order valence-electron chi connectivity index (χ3n) is 3.64. The number of amides is 3. The Morgan fingerprint density at radius 1 is 1.12 bits per heavy atom. The highest BCUT2D eigenvalue weighted by Gasteiger charge is 2.12. The Labute approximate surface area is 146 Å². The van der Waals surface area contributed by atoms with Crippen LogP contribution in [0.1, 0.15) is 16.7 Å². The molecule has 5 nitrogen and oxygen atoms in total. The molecule has 2 N–H and O–H groups in total. The van der Waals surface area contributed by atoms with Gasteiger partial charge in [-0.05, 0) is 50.2 Å². The third kappa shape index (κ3) is 6.00. The van der Waals surface area contributed by atoms with Gasteiger partial charge in [-0.3, -0.25) is 15.0 Å². The van der Waals surface area contributed by atoms with E-state index < -0.39 is 11.9 Å². The maximum absolute atomic E-state index is 13.2. The van der Waals surface area contributed by atoms with Crippen molar-refractivity contribution in [3.8, 4) is 0 Å². The molecule has 0 saturated carbocycles. The second-order valence-corrected chi connectivity index (χ2v) is 6.12. The minimum absolute atomic E-state index is 0.0246. The Hall–Kier alpha value is -2.73. The number of benzene rings is 2. The molecule has 132 valence electrons. The first kappa shape index (κ1) is 18.6. The van der Waals surface area contributed by atoms with E-state index in [-0.39, 0.29) is 12.4 Å². The predicted octanol–water partition coefficient (Wildman–Crippen LogP) is 3.22. The van der Waals surface area contributed by atoms with Gasteiger partial charge in [0, 0.05) is 12.2 Å². The largest absolute Gasteiger partial charge is 0.325 e. The van der Waals surface area contributed by atoms with E-state index in [4.69, 9.17) is 0 Å². The Kier molecular flexibility index (Phi) is 6.25. The van der Waals surface area contributed by atoms with E-state index in [1.54, 1.807) is 30.1 Å². The van der Waals surface area contributed by atoms with Crippen LogP contribution in [0.15, 0.2) is 42.5 Å². The quantitative estimate of drug-likeness (QED) is 0.876. The molecule has 0 bridgehead atoms. The van der Waals surface area contributed by atoms with Gasteiger partial charge in [0.25, 0.3) is 0 Å². The fraction of sp³-hybridized carbons (Fsp3) is 0.263. The van der Waals surface area contributed by atoms with Gasteiger partial charge < -0.3 is 5.32 Å². The zero-order chi connectivity index (χ0) is 18.4. The molecule has 0 aliphatic heterocycles. The van der Waals surface area contributed by atoms with E-state index in [1.165, 1.54) is 12.1 Å². The van der Waals surface area contributed by atoms with Crippen molar-refractivity contribution in [2.24, 2.45) is 0 Å². The summed E-state index contributed by atoms with van der Waals surface area (Å²) in [7, 11) is 1.73. The van der Waals surface area contributed by atoms with Crippen molar-refractivity contribution in [1.82, 2.24) is 10.2 Å². The molecule has 0 saturated heterocycles. The molecule has 0 unspecified atom stereocenters. The predicted molar refractivity (Wildman–Crippen MR) is 95.8 cm³/mol. The highest BCUT2D eigenvalue weighted by atomic mass is 19.1. The second-order valence-electron chi connectivity index (χ2n) is 6.12. The minimum atomic E-state index is -0.573. The summed E-state index contributed by atoms with van der Waals surface area (Å²) in [6.07, 6.45) is 0. The smallest absolute Gasteiger partial charge is 0.307 e. The van der Waals surface area contributed by atoms with Crippen LogP contribution in [0.4, 0.5) is 14.9 Å². The van der Waals surface area contributed by atoms with Gasteiger partial charge >= 0.3 is 6.03 Å². The van der Waals surface area contributed by atoms with Crippen molar-refractivity contribution in [1.29, 1.82) is 0 Å². The lowest BCUT2D eigenvalue weighted by Crippen LogP contribution is -2.40. The molecule has 25 heavy (non-hydrogen) atoms. The van der Waals surface area contributed by atoms with Crippen LogP contribution in [-0.2, 0) is 11.3 Å². The van der Waals surface area contributed by atoms with Gasteiger partial charge in [-0.2, -0.15) is 0 Å². The summed E-state index contributed by atoms with van der Waals surface area (Å²) >= 11 is 0. The molecule has 2 aromatic rings. The standard InChI is InChI=1S/C19H22FN3O2/c1-13-7-8-17(14(2)9-13)21-19(25)22-18(24)12-23(3)11-15-5-4-6-16(20)10-15/h4-10H,11-12H2,1-3H3,(H2,21,22,24,25). The molecular weight excluding hydrogens is 321 g/mol. The SMILES string of the molecule is Cc1ccc(NC(=O)NC(=O)CN(C)Cc2cccc(F)c2)c(C)c1. The van der Waals surface area contributed by atoms with E-state index in [2.05, 4.69) is 10.6 Å². The number of likely N-dealkylation sites (N-methyl/N-ethyl adjacent to an activating group) is 1. The fourth-order valence-electron chi connectivity index (χ4n) is 2.52. The summed E-state index contributed by atoms with van der Waals surface area (Å²) in [5.41, 5.74) is 3.43. The van der Waals surface area contributed by atoms with Crippen LogP contribution < -0.4 is 10.6 Å². The molecule has 3 amide bonds. The van der Waals surface area contributed by atoms with Crippen LogP contribution in [0.25, 0.3) is 0 Å². The number of urea groups is 1. The number of nitrogens with one attached hydrogen (secondary N) is 2. The number of aryl methyl sites for hydroxylation is 2. The first-order valence-corrected chi connectivity index (χ1v) is 7.94. The van der Waals surface area contributed by atoms with E-state index in [1.807, 2.05) is 26.0 Å². The number of rotatable bonds is 5. The van der Waals surface area contributed by atoms with Crippen molar-refractivity contribution in [2.75, 3.05) is 18.9 Å². The third-order valence-corrected chi connectivity index (χ3v) is 3.64. The number of hydrogen-bond donors (Lipinski definition) is 2. The molecule has 0 spiro atoms. The molecule has 6 heteroatoms. The molecular formula is C19H22FN3O2. The number of carbonyl (C=O) groups is 2. The first-order chi connectivity index (χ1) is 11.8. The zero-order valence-electron chi connectivity index (χ0n) is 14.6. The van der Waals surface area contributed by atoms with E-state index in [0.717, 1.165) is 16.7 Å². The maximum Gasteiger partial charge on any atom is 0.325 e. The van der Waals surface area contributed by atoms with Crippen LogP contribution in [0.2, 0.25) is 0 Å². The number of halogens is 1. The number of nitrogens with zero attached hydrogens (tertiary/aromatic N) is 1. The summed E-state index contributed by atoms with van der Waals surface area (Å²) < 4.78 is 13.2. The molecule has 0 atom stereocenters. The minimum Gasteiger partial charge on any atom is -0.307 e. The maximum atomic E-state index is 13.2. The molecule has 2 aromatic carbocycles. The van der Waals surface area contributed by atoms with Crippen molar-refractivity contribution in [3.63, 3.8) is 0 Å². The monoisotopic (exact) mass is 343 g/mol.